The van der Waals surface area contributed by atoms with Crippen LogP contribution in [-0.2, 0) is 20.9 Å². The molecular weight excluding hydrogens is 384 g/mol. The summed E-state index contributed by atoms with van der Waals surface area (Å²) in [5, 5.41) is 9.62. The molecule has 7 nitrogen and oxygen atoms in total. The Hall–Kier alpha value is -2.82. The molecule has 164 valence electrons. The Morgan fingerprint density at radius 3 is 2.47 bits per heavy atom. The van der Waals surface area contributed by atoms with Crippen molar-refractivity contribution in [2.24, 2.45) is 0 Å². The van der Waals surface area contributed by atoms with Crippen molar-refractivity contribution < 1.29 is 24.3 Å². The van der Waals surface area contributed by atoms with Crippen molar-refractivity contribution >= 4 is 24.8 Å². The quantitative estimate of drug-likeness (QED) is 0.306. The van der Waals surface area contributed by atoms with Gasteiger partial charge in [-0.3, -0.25) is 14.5 Å². The highest BCUT2D eigenvalue weighted by Gasteiger charge is 2.23. The molecule has 0 bridgehead atoms. The third kappa shape index (κ3) is 9.59. The largest absolute Gasteiger partial charge is 0.400 e. The van der Waals surface area contributed by atoms with Crippen LogP contribution in [0.2, 0.25) is 0 Å². The summed E-state index contributed by atoms with van der Waals surface area (Å²) < 4.78 is 0. The molecule has 1 amide bonds. The zero-order valence-electron chi connectivity index (χ0n) is 18.0. The van der Waals surface area contributed by atoms with E-state index in [2.05, 4.69) is 17.2 Å². The van der Waals surface area contributed by atoms with Gasteiger partial charge in [0.1, 0.15) is 18.9 Å². The monoisotopic (exact) mass is 416 g/mol. The van der Waals surface area contributed by atoms with E-state index in [0.717, 1.165) is 49.9 Å². The predicted octanol–water partition coefficient (Wildman–Crippen LogP) is 1.74. The zero-order chi connectivity index (χ0) is 22.8. The molecule has 1 unspecified atom stereocenters. The lowest BCUT2D eigenvalue weighted by Gasteiger charge is -2.27. The van der Waals surface area contributed by atoms with Crippen molar-refractivity contribution in [3.8, 4) is 11.8 Å². The number of carbonyl (C=O) groups is 4. The van der Waals surface area contributed by atoms with E-state index in [9.17, 15) is 19.2 Å². The Kier molecular flexibility index (Phi) is 15.5. The van der Waals surface area contributed by atoms with Gasteiger partial charge in [-0.1, -0.05) is 24.0 Å². The van der Waals surface area contributed by atoms with Gasteiger partial charge < -0.3 is 20.0 Å². The number of nitrogens with one attached hydrogen (secondary N) is 1. The minimum Gasteiger partial charge on any atom is -0.400 e. The standard InChI is InChI=1S/C22H28N2O4.CH4O/c1-23-22(28)21(13-9-15-26)24(2)16-20-18(11-8-12-19(20)17-27)10-6-4-3-5-7-14-25;1-2/h8,11-12,14-15,17,21H,3-5,7,9,13,16H2,1-2H3,(H,23,28);2H,1H3. The van der Waals surface area contributed by atoms with Crippen LogP contribution in [0.4, 0.5) is 0 Å². The summed E-state index contributed by atoms with van der Waals surface area (Å²) in [4.78, 5) is 46.6. The number of aliphatic hydroxyl groups excluding tert-OH is 1. The summed E-state index contributed by atoms with van der Waals surface area (Å²) in [5.41, 5.74) is 2.05. The van der Waals surface area contributed by atoms with Crippen molar-refractivity contribution in [1.29, 1.82) is 0 Å². The van der Waals surface area contributed by atoms with E-state index in [1.54, 1.807) is 26.2 Å². The van der Waals surface area contributed by atoms with Gasteiger partial charge in [-0.25, -0.2) is 0 Å². The summed E-state index contributed by atoms with van der Waals surface area (Å²) in [6.07, 6.45) is 6.05. The molecule has 0 saturated carbocycles. The fraction of sp³-hybridized carbons (Fsp3) is 0.478. The number of amides is 1. The average Bonchev–Trinajstić information content (AvgIpc) is 2.78. The molecule has 1 aromatic carbocycles. The van der Waals surface area contributed by atoms with Crippen molar-refractivity contribution in [2.45, 2.75) is 51.1 Å². The maximum absolute atomic E-state index is 12.2. The van der Waals surface area contributed by atoms with E-state index in [1.165, 1.54) is 0 Å². The fourth-order valence-corrected chi connectivity index (χ4v) is 2.91. The van der Waals surface area contributed by atoms with Crippen LogP contribution in [0.5, 0.6) is 0 Å². The molecule has 0 spiro atoms. The number of nitrogens with zero attached hydrogens (tertiary/aromatic N) is 1. The SMILES string of the molecule is CNC(=O)C(CCC=O)N(C)Cc1c(C#CCCCCC=O)cccc1C=O.CO. The Morgan fingerprint density at radius 1 is 1.17 bits per heavy atom. The van der Waals surface area contributed by atoms with Gasteiger partial charge >= 0.3 is 0 Å². The van der Waals surface area contributed by atoms with E-state index in [0.29, 0.717) is 31.4 Å². The van der Waals surface area contributed by atoms with E-state index in [4.69, 9.17) is 5.11 Å². The number of hydrogen-bond acceptors (Lipinski definition) is 6. The Labute approximate surface area is 178 Å². The van der Waals surface area contributed by atoms with Gasteiger partial charge in [0.2, 0.25) is 5.91 Å². The summed E-state index contributed by atoms with van der Waals surface area (Å²) in [6, 6.07) is 4.89. The number of likely N-dealkylation sites (N-methyl/N-ethyl adjacent to an activating group) is 2. The Morgan fingerprint density at radius 2 is 1.87 bits per heavy atom. The normalized spacial score (nSPS) is 10.7. The second kappa shape index (κ2) is 17.1. The first kappa shape index (κ1) is 27.2. The Bertz CT molecular complexity index is 737. The third-order valence-electron chi connectivity index (χ3n) is 4.48. The number of unbranched alkanes of at least 4 members (excludes halogenated alkanes) is 3. The molecule has 0 fully saturated rings. The molecule has 30 heavy (non-hydrogen) atoms. The van der Waals surface area contributed by atoms with Gasteiger partial charge in [-0.05, 0) is 37.9 Å². The molecule has 0 saturated heterocycles. The molecule has 0 aliphatic heterocycles. The fourth-order valence-electron chi connectivity index (χ4n) is 2.91. The summed E-state index contributed by atoms with van der Waals surface area (Å²) in [7, 11) is 4.36. The maximum Gasteiger partial charge on any atom is 0.237 e. The molecule has 1 aromatic rings. The van der Waals surface area contributed by atoms with Crippen molar-refractivity contribution in [3.63, 3.8) is 0 Å². The van der Waals surface area contributed by atoms with E-state index in [1.807, 2.05) is 11.0 Å². The summed E-state index contributed by atoms with van der Waals surface area (Å²) in [5.74, 6) is 6.04. The lowest BCUT2D eigenvalue weighted by atomic mass is 9.99. The molecule has 1 atom stereocenters. The topological polar surface area (TPSA) is 104 Å². The number of aldehydes is 3. The highest BCUT2D eigenvalue weighted by molar-refractivity contribution is 5.82. The first-order chi connectivity index (χ1) is 14.6. The van der Waals surface area contributed by atoms with Crippen LogP contribution in [0, 0.1) is 11.8 Å². The van der Waals surface area contributed by atoms with Crippen molar-refractivity contribution in [2.75, 3.05) is 21.2 Å². The minimum atomic E-state index is -0.473. The predicted molar refractivity (Wildman–Crippen MR) is 116 cm³/mol. The second-order valence-corrected chi connectivity index (χ2v) is 6.49. The smallest absolute Gasteiger partial charge is 0.237 e. The molecule has 0 radical (unpaired) electrons. The molecule has 0 aromatic heterocycles. The number of aliphatic hydroxyl groups is 1. The second-order valence-electron chi connectivity index (χ2n) is 6.49. The van der Waals surface area contributed by atoms with Crippen LogP contribution in [0.3, 0.4) is 0 Å². The lowest BCUT2D eigenvalue weighted by molar-refractivity contribution is -0.126. The van der Waals surface area contributed by atoms with Gasteiger partial charge in [0.25, 0.3) is 0 Å². The zero-order valence-corrected chi connectivity index (χ0v) is 18.0. The first-order valence-corrected chi connectivity index (χ1v) is 9.88. The number of carbonyl (C=O) groups excluding carboxylic acids is 4. The van der Waals surface area contributed by atoms with Gasteiger partial charge in [0.15, 0.2) is 0 Å². The van der Waals surface area contributed by atoms with Crippen LogP contribution >= 0.6 is 0 Å². The summed E-state index contributed by atoms with van der Waals surface area (Å²) in [6.45, 7) is 0.362. The number of hydrogen-bond donors (Lipinski definition) is 2. The van der Waals surface area contributed by atoms with E-state index < -0.39 is 6.04 Å². The van der Waals surface area contributed by atoms with Crippen molar-refractivity contribution in [3.05, 3.63) is 34.9 Å². The number of rotatable bonds is 12. The summed E-state index contributed by atoms with van der Waals surface area (Å²) >= 11 is 0. The van der Waals surface area contributed by atoms with Gasteiger partial charge in [0.05, 0.1) is 6.04 Å². The molecule has 2 N–H and O–H groups in total. The van der Waals surface area contributed by atoms with Crippen LogP contribution in [0.1, 0.15) is 60.0 Å². The molecule has 0 aliphatic carbocycles. The molecule has 1 rings (SSSR count). The first-order valence-electron chi connectivity index (χ1n) is 9.88. The van der Waals surface area contributed by atoms with Gasteiger partial charge in [-0.2, -0.15) is 0 Å². The molecule has 0 heterocycles. The highest BCUT2D eigenvalue weighted by Crippen LogP contribution is 2.18. The average molecular weight is 417 g/mol. The number of benzene rings is 1. The van der Waals surface area contributed by atoms with E-state index >= 15 is 0 Å². The molecule has 0 aliphatic rings. The van der Waals surface area contributed by atoms with Crippen LogP contribution in [0.15, 0.2) is 18.2 Å². The van der Waals surface area contributed by atoms with Crippen LogP contribution in [-0.4, -0.2) is 62.0 Å². The van der Waals surface area contributed by atoms with Gasteiger partial charge in [0, 0.05) is 51.1 Å². The van der Waals surface area contributed by atoms with Crippen LogP contribution in [0.25, 0.3) is 0 Å². The van der Waals surface area contributed by atoms with Gasteiger partial charge in [-0.15, -0.1) is 0 Å². The Balaban J connectivity index is 0.00000407. The minimum absolute atomic E-state index is 0.171. The third-order valence-corrected chi connectivity index (χ3v) is 4.48. The molecule has 7 heteroatoms. The van der Waals surface area contributed by atoms with Crippen molar-refractivity contribution in [1.82, 2.24) is 10.2 Å². The van der Waals surface area contributed by atoms with Crippen LogP contribution < -0.4 is 5.32 Å². The molecular formula is C23H32N2O5. The lowest BCUT2D eigenvalue weighted by Crippen LogP contribution is -2.43. The van der Waals surface area contributed by atoms with E-state index in [-0.39, 0.29) is 12.3 Å². The highest BCUT2D eigenvalue weighted by atomic mass is 16.2. The maximum atomic E-state index is 12.2.